The molecule has 1 aromatic rings. The molecule has 1 saturated heterocycles. The van der Waals surface area contributed by atoms with Crippen molar-refractivity contribution in [2.75, 3.05) is 19.6 Å². The molecule has 110 valence electrons. The van der Waals surface area contributed by atoms with Gasteiger partial charge in [-0.3, -0.25) is 0 Å². The molecule has 0 saturated carbocycles. The maximum atomic E-state index is 12.4. The first kappa shape index (κ1) is 16.7. The van der Waals surface area contributed by atoms with E-state index in [2.05, 4.69) is 10.6 Å². The fourth-order valence-corrected chi connectivity index (χ4v) is 2.78. The summed E-state index contributed by atoms with van der Waals surface area (Å²) >= 11 is 0.757. The quantitative estimate of drug-likeness (QED) is 0.794. The molecule has 1 aliphatic heterocycles. The van der Waals surface area contributed by atoms with E-state index in [1.807, 2.05) is 0 Å². The Hall–Kier alpha value is -0.340. The smallest absolute Gasteiger partial charge is 0.391 e. The molecule has 1 aromatic heterocycles. The summed E-state index contributed by atoms with van der Waals surface area (Å²) in [5.74, 6) is 0.132. The van der Waals surface area contributed by atoms with E-state index in [0.29, 0.717) is 24.5 Å². The van der Waals surface area contributed by atoms with Crippen LogP contribution in [0.5, 0.6) is 0 Å². The van der Waals surface area contributed by atoms with Crippen molar-refractivity contribution in [2.45, 2.75) is 18.8 Å². The SMILES string of the molecule is Cl.OC1CNCC1CNCc1ccc(C(F)(F)F)s1. The maximum Gasteiger partial charge on any atom is 0.425 e. The average Bonchev–Trinajstić information content (AvgIpc) is 2.88. The van der Waals surface area contributed by atoms with Gasteiger partial charge in [-0.15, -0.1) is 23.7 Å². The Balaban J connectivity index is 0.00000180. The summed E-state index contributed by atoms with van der Waals surface area (Å²) < 4.78 is 37.1. The van der Waals surface area contributed by atoms with Crippen LogP contribution in [0, 0.1) is 5.92 Å². The van der Waals surface area contributed by atoms with E-state index in [4.69, 9.17) is 0 Å². The lowest BCUT2D eigenvalue weighted by Crippen LogP contribution is -2.29. The van der Waals surface area contributed by atoms with Crippen molar-refractivity contribution >= 4 is 23.7 Å². The standard InChI is InChI=1S/C11H15F3N2OS.ClH/c12-11(13,14)10-2-1-8(18-10)5-15-3-7-4-16-6-9(7)17;/h1-2,7,9,15-17H,3-6H2;1H. The second-order valence-corrected chi connectivity index (χ2v) is 5.55. The van der Waals surface area contributed by atoms with Gasteiger partial charge in [-0.2, -0.15) is 13.2 Å². The van der Waals surface area contributed by atoms with Crippen molar-refractivity contribution in [1.82, 2.24) is 10.6 Å². The van der Waals surface area contributed by atoms with E-state index < -0.39 is 11.1 Å². The summed E-state index contributed by atoms with van der Waals surface area (Å²) in [7, 11) is 0. The number of halogens is 4. The molecule has 0 bridgehead atoms. The molecule has 19 heavy (non-hydrogen) atoms. The first-order chi connectivity index (χ1) is 8.47. The third kappa shape index (κ3) is 4.61. The number of hydrogen-bond acceptors (Lipinski definition) is 4. The van der Waals surface area contributed by atoms with Crippen molar-refractivity contribution in [2.24, 2.45) is 5.92 Å². The third-order valence-electron chi connectivity index (χ3n) is 2.95. The van der Waals surface area contributed by atoms with Crippen molar-refractivity contribution in [3.05, 3.63) is 21.9 Å². The summed E-state index contributed by atoms with van der Waals surface area (Å²) in [5.41, 5.74) is 0. The summed E-state index contributed by atoms with van der Waals surface area (Å²) in [6.45, 7) is 2.34. The normalized spacial score (nSPS) is 23.4. The fraction of sp³-hybridized carbons (Fsp3) is 0.636. The Morgan fingerprint density at radius 1 is 1.37 bits per heavy atom. The van der Waals surface area contributed by atoms with Crippen molar-refractivity contribution in [3.8, 4) is 0 Å². The zero-order chi connectivity index (χ0) is 13.2. The largest absolute Gasteiger partial charge is 0.425 e. The van der Waals surface area contributed by atoms with Crippen LogP contribution >= 0.6 is 23.7 Å². The van der Waals surface area contributed by atoms with Gasteiger partial charge in [0.1, 0.15) is 4.88 Å². The van der Waals surface area contributed by atoms with Crippen LogP contribution in [0.25, 0.3) is 0 Å². The molecule has 2 heterocycles. The zero-order valence-corrected chi connectivity index (χ0v) is 11.7. The van der Waals surface area contributed by atoms with Gasteiger partial charge in [0.05, 0.1) is 6.10 Å². The van der Waals surface area contributed by atoms with E-state index in [-0.39, 0.29) is 24.4 Å². The lowest BCUT2D eigenvalue weighted by Gasteiger charge is -2.13. The van der Waals surface area contributed by atoms with Crippen molar-refractivity contribution in [3.63, 3.8) is 0 Å². The molecule has 0 amide bonds. The topological polar surface area (TPSA) is 44.3 Å². The van der Waals surface area contributed by atoms with Crippen LogP contribution in [-0.2, 0) is 12.7 Å². The summed E-state index contributed by atoms with van der Waals surface area (Å²) in [5, 5.41) is 15.7. The molecule has 0 aromatic carbocycles. The molecule has 2 rings (SSSR count). The lowest BCUT2D eigenvalue weighted by atomic mass is 10.1. The van der Waals surface area contributed by atoms with E-state index in [1.165, 1.54) is 6.07 Å². The number of aliphatic hydroxyl groups is 1. The van der Waals surface area contributed by atoms with E-state index in [0.717, 1.165) is 23.9 Å². The van der Waals surface area contributed by atoms with Gasteiger partial charge in [0.2, 0.25) is 0 Å². The number of nitrogens with one attached hydrogen (secondary N) is 2. The molecule has 1 aliphatic rings. The Bertz CT molecular complexity index is 400. The first-order valence-corrected chi connectivity index (χ1v) is 6.54. The minimum atomic E-state index is -4.26. The van der Waals surface area contributed by atoms with Gasteiger partial charge in [0.25, 0.3) is 0 Å². The number of β-amino-alcohol motifs (C(OH)–C–C–N with tert-alkyl or cyclic N) is 1. The third-order valence-corrected chi connectivity index (χ3v) is 4.08. The van der Waals surface area contributed by atoms with Crippen LogP contribution in [-0.4, -0.2) is 30.8 Å². The van der Waals surface area contributed by atoms with Crippen LogP contribution in [0.2, 0.25) is 0 Å². The number of thiophene rings is 1. The van der Waals surface area contributed by atoms with Gasteiger partial charge < -0.3 is 15.7 Å². The predicted octanol–water partition coefficient (Wildman–Crippen LogP) is 1.86. The number of aliphatic hydroxyl groups excluding tert-OH is 1. The molecule has 1 fully saturated rings. The molecule has 2 atom stereocenters. The van der Waals surface area contributed by atoms with Gasteiger partial charge in [-0.05, 0) is 12.1 Å². The second kappa shape index (κ2) is 6.90. The number of alkyl halides is 3. The van der Waals surface area contributed by atoms with Crippen LogP contribution in [0.3, 0.4) is 0 Å². The summed E-state index contributed by atoms with van der Waals surface area (Å²) in [6, 6.07) is 2.59. The lowest BCUT2D eigenvalue weighted by molar-refractivity contribution is -0.134. The fourth-order valence-electron chi connectivity index (χ4n) is 1.93. The second-order valence-electron chi connectivity index (χ2n) is 4.38. The molecular formula is C11H16ClF3N2OS. The average molecular weight is 317 g/mol. The van der Waals surface area contributed by atoms with E-state index >= 15 is 0 Å². The minimum absolute atomic E-state index is 0. The summed E-state index contributed by atoms with van der Waals surface area (Å²) in [6.07, 6.45) is -4.62. The molecule has 3 N–H and O–H groups in total. The number of rotatable bonds is 4. The Morgan fingerprint density at radius 3 is 2.63 bits per heavy atom. The van der Waals surface area contributed by atoms with E-state index in [1.54, 1.807) is 0 Å². The molecule has 0 radical (unpaired) electrons. The van der Waals surface area contributed by atoms with Crippen LogP contribution in [0.4, 0.5) is 13.2 Å². The Kier molecular flexibility index (Phi) is 6.07. The molecule has 8 heteroatoms. The molecule has 0 spiro atoms. The van der Waals surface area contributed by atoms with Crippen LogP contribution in [0.1, 0.15) is 9.75 Å². The highest BCUT2D eigenvalue weighted by molar-refractivity contribution is 7.12. The predicted molar refractivity (Wildman–Crippen MR) is 70.6 cm³/mol. The monoisotopic (exact) mass is 316 g/mol. The summed E-state index contributed by atoms with van der Waals surface area (Å²) in [4.78, 5) is 0.0876. The highest BCUT2D eigenvalue weighted by Gasteiger charge is 2.32. The molecular weight excluding hydrogens is 301 g/mol. The van der Waals surface area contributed by atoms with Gasteiger partial charge in [-0.1, -0.05) is 0 Å². The highest BCUT2D eigenvalue weighted by atomic mass is 35.5. The zero-order valence-electron chi connectivity index (χ0n) is 10.0. The van der Waals surface area contributed by atoms with Crippen molar-refractivity contribution < 1.29 is 18.3 Å². The first-order valence-electron chi connectivity index (χ1n) is 5.72. The van der Waals surface area contributed by atoms with E-state index in [9.17, 15) is 18.3 Å². The maximum absolute atomic E-state index is 12.4. The Labute approximate surface area is 119 Å². The van der Waals surface area contributed by atoms with Gasteiger partial charge in [0.15, 0.2) is 0 Å². The van der Waals surface area contributed by atoms with Gasteiger partial charge in [0, 0.05) is 37.0 Å². The molecule has 0 aliphatic carbocycles. The van der Waals surface area contributed by atoms with Gasteiger partial charge >= 0.3 is 6.18 Å². The Morgan fingerprint density at radius 2 is 2.11 bits per heavy atom. The van der Waals surface area contributed by atoms with Crippen LogP contribution < -0.4 is 10.6 Å². The molecule has 3 nitrogen and oxygen atoms in total. The number of hydrogen-bond donors (Lipinski definition) is 3. The van der Waals surface area contributed by atoms with Gasteiger partial charge in [-0.25, -0.2) is 0 Å². The van der Waals surface area contributed by atoms with Crippen molar-refractivity contribution in [1.29, 1.82) is 0 Å². The molecule has 2 unspecified atom stereocenters. The van der Waals surface area contributed by atoms with Crippen LogP contribution in [0.15, 0.2) is 12.1 Å². The highest BCUT2D eigenvalue weighted by Crippen LogP contribution is 2.34. The minimum Gasteiger partial charge on any atom is -0.391 e.